The highest BCUT2D eigenvalue weighted by Crippen LogP contribution is 2.34. The highest BCUT2D eigenvalue weighted by molar-refractivity contribution is 5.92. The summed E-state index contributed by atoms with van der Waals surface area (Å²) in [5.74, 6) is 1.60. The molecule has 0 aliphatic carbocycles. The third-order valence-electron chi connectivity index (χ3n) is 5.41. The summed E-state index contributed by atoms with van der Waals surface area (Å²) >= 11 is 0. The normalized spacial score (nSPS) is 14.4. The molecule has 1 aromatic heterocycles. The van der Waals surface area contributed by atoms with E-state index in [-0.39, 0.29) is 5.69 Å². The van der Waals surface area contributed by atoms with Crippen molar-refractivity contribution in [2.24, 2.45) is 5.10 Å². The zero-order valence-corrected chi connectivity index (χ0v) is 18.8. The Balaban J connectivity index is 1.48. The summed E-state index contributed by atoms with van der Waals surface area (Å²) in [7, 11) is 1.58. The molecule has 178 valence electrons. The van der Waals surface area contributed by atoms with Crippen LogP contribution in [0.5, 0.6) is 11.5 Å². The van der Waals surface area contributed by atoms with Crippen LogP contribution < -0.4 is 14.9 Å². The second-order valence-electron chi connectivity index (χ2n) is 7.58. The van der Waals surface area contributed by atoms with Crippen molar-refractivity contribution in [2.75, 3.05) is 52.0 Å². The van der Waals surface area contributed by atoms with Gasteiger partial charge in [0.25, 0.3) is 5.69 Å². The van der Waals surface area contributed by atoms with Gasteiger partial charge in [-0.3, -0.25) is 20.4 Å². The summed E-state index contributed by atoms with van der Waals surface area (Å²) in [5, 5.41) is 16.0. The molecule has 2 heterocycles. The van der Waals surface area contributed by atoms with Crippen LogP contribution in [-0.2, 0) is 4.74 Å². The van der Waals surface area contributed by atoms with E-state index in [2.05, 4.69) is 25.4 Å². The SMILES string of the molecule is COc1cc2ncnc(NN=Cc3ccccc3[N+](=O)[O-])c2cc1OCCCN1CCOCC1. The summed E-state index contributed by atoms with van der Waals surface area (Å²) < 4.78 is 16.9. The second-order valence-corrected chi connectivity index (χ2v) is 7.58. The average Bonchev–Trinajstić information content (AvgIpc) is 2.87. The smallest absolute Gasteiger partial charge is 0.278 e. The Morgan fingerprint density at radius 3 is 2.85 bits per heavy atom. The number of aromatic nitrogens is 2. The third-order valence-corrected chi connectivity index (χ3v) is 5.41. The second kappa shape index (κ2) is 11.3. The minimum Gasteiger partial charge on any atom is -0.493 e. The van der Waals surface area contributed by atoms with Gasteiger partial charge in [-0.25, -0.2) is 9.97 Å². The molecule has 0 spiro atoms. The average molecular weight is 466 g/mol. The van der Waals surface area contributed by atoms with Crippen molar-refractivity contribution >= 4 is 28.6 Å². The fourth-order valence-corrected chi connectivity index (χ4v) is 3.65. The summed E-state index contributed by atoms with van der Waals surface area (Å²) in [6, 6.07) is 9.96. The number of para-hydroxylation sites is 1. The molecule has 2 aromatic carbocycles. The Kier molecular flexibility index (Phi) is 7.79. The molecule has 1 N–H and O–H groups in total. The van der Waals surface area contributed by atoms with Gasteiger partial charge >= 0.3 is 0 Å². The maximum atomic E-state index is 11.2. The molecular formula is C23H26N6O5. The molecule has 0 bridgehead atoms. The molecule has 11 heteroatoms. The minimum atomic E-state index is -0.448. The molecule has 3 aromatic rings. The number of benzene rings is 2. The number of nitrogens with zero attached hydrogens (tertiary/aromatic N) is 5. The number of nitrogens with one attached hydrogen (secondary N) is 1. The topological polar surface area (TPSA) is 124 Å². The number of nitro groups is 1. The number of fused-ring (bicyclic) bond motifs is 1. The molecular weight excluding hydrogens is 440 g/mol. The lowest BCUT2D eigenvalue weighted by molar-refractivity contribution is -0.385. The maximum Gasteiger partial charge on any atom is 0.278 e. The lowest BCUT2D eigenvalue weighted by Gasteiger charge is -2.26. The largest absolute Gasteiger partial charge is 0.493 e. The highest BCUT2D eigenvalue weighted by Gasteiger charge is 2.14. The number of methoxy groups -OCH3 is 1. The van der Waals surface area contributed by atoms with Gasteiger partial charge in [0, 0.05) is 37.2 Å². The van der Waals surface area contributed by atoms with Crippen LogP contribution in [0, 0.1) is 10.1 Å². The lowest BCUT2D eigenvalue weighted by Crippen LogP contribution is -2.37. The van der Waals surface area contributed by atoms with E-state index in [1.165, 1.54) is 18.6 Å². The number of hydrazone groups is 1. The highest BCUT2D eigenvalue weighted by atomic mass is 16.6. The molecule has 1 fully saturated rings. The van der Waals surface area contributed by atoms with Gasteiger partial charge in [0.1, 0.15) is 6.33 Å². The van der Waals surface area contributed by atoms with Crippen molar-refractivity contribution in [2.45, 2.75) is 6.42 Å². The first-order valence-electron chi connectivity index (χ1n) is 10.9. The zero-order valence-electron chi connectivity index (χ0n) is 18.8. The predicted octanol–water partition coefficient (Wildman–Crippen LogP) is 3.09. The van der Waals surface area contributed by atoms with Gasteiger partial charge in [0.15, 0.2) is 17.3 Å². The standard InChI is InChI=1S/C23H26N6O5/c1-32-21-14-19-18(13-22(21)34-10-4-7-28-8-11-33-12-9-28)23(25-16-24-19)27-26-15-17-5-2-3-6-20(17)29(30)31/h2-3,5-6,13-16H,4,7-12H2,1H3,(H,24,25,27). The molecule has 4 rings (SSSR count). The van der Waals surface area contributed by atoms with E-state index < -0.39 is 4.92 Å². The zero-order chi connectivity index (χ0) is 23.8. The Hall–Kier alpha value is -3.83. The van der Waals surface area contributed by atoms with Gasteiger partial charge < -0.3 is 14.2 Å². The van der Waals surface area contributed by atoms with Crippen LogP contribution in [-0.4, -0.2) is 72.6 Å². The number of anilines is 1. The third kappa shape index (κ3) is 5.74. The van der Waals surface area contributed by atoms with Crippen LogP contribution in [0.4, 0.5) is 11.5 Å². The molecule has 34 heavy (non-hydrogen) atoms. The number of ether oxygens (including phenoxy) is 3. The summed E-state index contributed by atoms with van der Waals surface area (Å²) in [6.07, 6.45) is 3.67. The van der Waals surface area contributed by atoms with E-state index in [1.807, 2.05) is 6.07 Å². The molecule has 0 saturated carbocycles. The molecule has 0 unspecified atom stereocenters. The summed E-state index contributed by atoms with van der Waals surface area (Å²) in [6.45, 7) is 4.90. The van der Waals surface area contributed by atoms with E-state index in [0.29, 0.717) is 40.4 Å². The van der Waals surface area contributed by atoms with E-state index in [9.17, 15) is 10.1 Å². The van der Waals surface area contributed by atoms with Crippen LogP contribution >= 0.6 is 0 Å². The van der Waals surface area contributed by atoms with Gasteiger partial charge in [-0.1, -0.05) is 12.1 Å². The molecule has 1 aliphatic rings. The first kappa shape index (κ1) is 23.3. The Labute approximate surface area is 196 Å². The van der Waals surface area contributed by atoms with Crippen molar-refractivity contribution in [1.82, 2.24) is 14.9 Å². The summed E-state index contributed by atoms with van der Waals surface area (Å²) in [4.78, 5) is 21.7. The van der Waals surface area contributed by atoms with Crippen LogP contribution in [0.15, 0.2) is 47.8 Å². The van der Waals surface area contributed by atoms with Gasteiger partial charge in [-0.05, 0) is 18.6 Å². The molecule has 11 nitrogen and oxygen atoms in total. The number of rotatable bonds is 10. The number of hydrogen-bond acceptors (Lipinski definition) is 10. The Morgan fingerprint density at radius 1 is 1.24 bits per heavy atom. The van der Waals surface area contributed by atoms with E-state index in [0.717, 1.165) is 39.3 Å². The fraction of sp³-hybridized carbons (Fsp3) is 0.348. The molecule has 0 amide bonds. The minimum absolute atomic E-state index is 0.0295. The van der Waals surface area contributed by atoms with E-state index >= 15 is 0 Å². The fourth-order valence-electron chi connectivity index (χ4n) is 3.65. The van der Waals surface area contributed by atoms with E-state index in [1.54, 1.807) is 31.4 Å². The van der Waals surface area contributed by atoms with E-state index in [4.69, 9.17) is 14.2 Å². The molecule has 0 atom stereocenters. The first-order valence-corrected chi connectivity index (χ1v) is 10.9. The van der Waals surface area contributed by atoms with Crippen molar-refractivity contribution in [3.05, 3.63) is 58.4 Å². The van der Waals surface area contributed by atoms with Gasteiger partial charge in [0.2, 0.25) is 0 Å². The predicted molar refractivity (Wildman–Crippen MR) is 128 cm³/mol. The van der Waals surface area contributed by atoms with Crippen LogP contribution in [0.1, 0.15) is 12.0 Å². The van der Waals surface area contributed by atoms with Crippen molar-refractivity contribution in [1.29, 1.82) is 0 Å². The van der Waals surface area contributed by atoms with Crippen LogP contribution in [0.2, 0.25) is 0 Å². The van der Waals surface area contributed by atoms with Crippen molar-refractivity contribution in [3.8, 4) is 11.5 Å². The Bertz CT molecular complexity index is 1170. The molecule has 1 aliphatic heterocycles. The molecule has 1 saturated heterocycles. The van der Waals surface area contributed by atoms with Crippen LogP contribution in [0.25, 0.3) is 10.9 Å². The monoisotopic (exact) mass is 466 g/mol. The molecule has 0 radical (unpaired) electrons. The van der Waals surface area contributed by atoms with Crippen LogP contribution in [0.3, 0.4) is 0 Å². The summed E-state index contributed by atoms with van der Waals surface area (Å²) in [5.41, 5.74) is 3.86. The van der Waals surface area contributed by atoms with Gasteiger partial charge in [0.05, 0.1) is 49.1 Å². The quantitative estimate of drug-likeness (QED) is 0.208. The van der Waals surface area contributed by atoms with Gasteiger partial charge in [-0.15, -0.1) is 0 Å². The van der Waals surface area contributed by atoms with Gasteiger partial charge in [-0.2, -0.15) is 5.10 Å². The maximum absolute atomic E-state index is 11.2. The number of nitro benzene ring substituents is 1. The lowest BCUT2D eigenvalue weighted by atomic mass is 10.2. The van der Waals surface area contributed by atoms with Crippen molar-refractivity contribution in [3.63, 3.8) is 0 Å². The Morgan fingerprint density at radius 2 is 2.06 bits per heavy atom. The number of morpholine rings is 1. The number of hydrogen-bond donors (Lipinski definition) is 1. The van der Waals surface area contributed by atoms with Crippen molar-refractivity contribution < 1.29 is 19.1 Å². The first-order chi connectivity index (χ1) is 16.7.